The number of ether oxygens (including phenoxy) is 1. The lowest BCUT2D eigenvalue weighted by atomic mass is 10.0. The van der Waals surface area contributed by atoms with Crippen molar-refractivity contribution in [2.24, 2.45) is 11.6 Å². The Morgan fingerprint density at radius 1 is 1.05 bits per heavy atom. The normalized spacial score (nSPS) is 13.0. The van der Waals surface area contributed by atoms with E-state index in [1.807, 2.05) is 47.9 Å². The molecule has 0 spiro atoms. The molecule has 4 N–H and O–H groups in total. The fourth-order valence-electron chi connectivity index (χ4n) is 4.00. The minimum atomic E-state index is -4.80. The number of aromatic nitrogens is 2. The van der Waals surface area contributed by atoms with E-state index in [4.69, 9.17) is 11.6 Å². The zero-order valence-corrected chi connectivity index (χ0v) is 22.2. The Bertz CT molecular complexity index is 1520. The number of nitrogens with zero attached hydrogens (tertiary/aromatic N) is 4. The molecule has 0 radical (unpaired) electrons. The lowest BCUT2D eigenvalue weighted by Gasteiger charge is -2.26. The van der Waals surface area contributed by atoms with Gasteiger partial charge < -0.3 is 15.0 Å². The predicted octanol–water partition coefficient (Wildman–Crippen LogP) is 4.97. The molecule has 0 aliphatic rings. The number of halogens is 3. The summed E-state index contributed by atoms with van der Waals surface area (Å²) in [6.07, 6.45) is -0.0787. The summed E-state index contributed by atoms with van der Waals surface area (Å²) in [7, 11) is 2.14. The number of benzene rings is 3. The molecule has 0 aliphatic heterocycles. The van der Waals surface area contributed by atoms with E-state index in [0.29, 0.717) is 33.4 Å². The van der Waals surface area contributed by atoms with Crippen LogP contribution in [0, 0.1) is 6.92 Å². The van der Waals surface area contributed by atoms with Gasteiger partial charge in [-0.05, 0) is 80.7 Å². The second kappa shape index (κ2) is 11.3. The van der Waals surface area contributed by atoms with Crippen molar-refractivity contribution in [1.29, 1.82) is 0 Å². The van der Waals surface area contributed by atoms with E-state index in [0.717, 1.165) is 11.1 Å². The molecule has 0 amide bonds. The van der Waals surface area contributed by atoms with Gasteiger partial charge in [-0.1, -0.05) is 18.2 Å². The van der Waals surface area contributed by atoms with Crippen LogP contribution in [0.3, 0.4) is 0 Å². The molecule has 4 rings (SSSR count). The Morgan fingerprint density at radius 3 is 2.33 bits per heavy atom. The minimum absolute atomic E-state index is 0.340. The molecule has 0 bridgehead atoms. The van der Waals surface area contributed by atoms with Crippen molar-refractivity contribution in [3.8, 4) is 22.6 Å². The average molecular weight is 557 g/mol. The maximum atomic E-state index is 12.6. The lowest BCUT2D eigenvalue weighted by Crippen LogP contribution is -2.31. The predicted molar refractivity (Wildman–Crippen MR) is 146 cm³/mol. The second-order valence-corrected chi connectivity index (χ2v) is 10.3. The molecule has 204 valence electrons. The van der Waals surface area contributed by atoms with Crippen LogP contribution in [0.25, 0.3) is 22.5 Å². The van der Waals surface area contributed by atoms with E-state index in [1.54, 1.807) is 36.9 Å². The maximum absolute atomic E-state index is 12.6. The monoisotopic (exact) mass is 556 g/mol. The maximum Gasteiger partial charge on any atom is 0.573 e. The summed E-state index contributed by atoms with van der Waals surface area (Å²) in [4.78, 5) is 4.94. The summed E-state index contributed by atoms with van der Waals surface area (Å²) < 4.78 is 57.9. The highest BCUT2D eigenvalue weighted by Crippen LogP contribution is 2.35. The number of hydrazine groups is 1. The lowest BCUT2D eigenvalue weighted by molar-refractivity contribution is -0.274. The van der Waals surface area contributed by atoms with Gasteiger partial charge in [0.2, 0.25) is 0 Å². The molecule has 12 heteroatoms. The molecule has 8 nitrogen and oxygen atoms in total. The van der Waals surface area contributed by atoms with Crippen LogP contribution in [0.15, 0.2) is 90.2 Å². The first-order valence-corrected chi connectivity index (χ1v) is 12.8. The topological polar surface area (TPSA) is 103 Å². The van der Waals surface area contributed by atoms with Crippen molar-refractivity contribution in [3.05, 3.63) is 96.7 Å². The summed E-state index contributed by atoms with van der Waals surface area (Å²) in [5.41, 5.74) is 9.62. The standard InChI is InChI=1S/C27H27F3N6O2S/c1-18-33-13-14-35(18)24-12-9-21(20-5-4-6-23(15-20)39(37)34(2)3)16-25(24)36(32)26(17-31)19-7-10-22(11-8-19)38-27(28,29)30/h4-17H,31-32H2,1-3H3/b26-17-. The Morgan fingerprint density at radius 2 is 1.74 bits per heavy atom. The van der Waals surface area contributed by atoms with Gasteiger partial charge in [0, 0.05) is 24.2 Å². The Hall–Kier alpha value is -4.13. The Balaban J connectivity index is 1.79. The van der Waals surface area contributed by atoms with Crippen LogP contribution in [0.4, 0.5) is 18.9 Å². The molecule has 39 heavy (non-hydrogen) atoms. The van der Waals surface area contributed by atoms with Crippen molar-refractivity contribution in [3.63, 3.8) is 0 Å². The Labute approximate surface area is 226 Å². The molecule has 1 aromatic heterocycles. The number of hydrogen-bond donors (Lipinski definition) is 2. The van der Waals surface area contributed by atoms with Gasteiger partial charge in [0.25, 0.3) is 0 Å². The number of nitrogens with two attached hydrogens (primary N) is 2. The van der Waals surface area contributed by atoms with E-state index >= 15 is 0 Å². The van der Waals surface area contributed by atoms with Crippen LogP contribution >= 0.6 is 0 Å². The van der Waals surface area contributed by atoms with Crippen LogP contribution in [0.5, 0.6) is 5.75 Å². The highest BCUT2D eigenvalue weighted by Gasteiger charge is 2.31. The quantitative estimate of drug-likeness (QED) is 0.235. The molecular formula is C27H27F3N6O2S. The average Bonchev–Trinajstić information content (AvgIpc) is 3.33. The van der Waals surface area contributed by atoms with Gasteiger partial charge in [-0.2, -0.15) is 0 Å². The van der Waals surface area contributed by atoms with Crippen molar-refractivity contribution >= 4 is 22.4 Å². The van der Waals surface area contributed by atoms with Gasteiger partial charge in [-0.3, -0.25) is 5.01 Å². The van der Waals surface area contributed by atoms with Gasteiger partial charge in [0.05, 0.1) is 22.0 Å². The Kier molecular flexibility index (Phi) is 8.09. The number of alkyl halides is 3. The number of rotatable bonds is 8. The summed E-state index contributed by atoms with van der Waals surface area (Å²) in [6, 6.07) is 18.3. The third-order valence-corrected chi connectivity index (χ3v) is 7.14. The number of aryl methyl sites for hydroxylation is 1. The fraction of sp³-hybridized carbons (Fsp3) is 0.148. The van der Waals surface area contributed by atoms with Crippen LogP contribution < -0.4 is 21.3 Å². The summed E-state index contributed by atoms with van der Waals surface area (Å²) in [5, 5.41) is 1.36. The first-order chi connectivity index (χ1) is 18.5. The summed E-state index contributed by atoms with van der Waals surface area (Å²) >= 11 is 0. The third kappa shape index (κ3) is 6.30. The molecule has 0 saturated carbocycles. The number of imidazole rings is 1. The molecule has 3 aromatic carbocycles. The van der Waals surface area contributed by atoms with E-state index in [1.165, 1.54) is 35.5 Å². The molecule has 1 unspecified atom stereocenters. The number of anilines is 1. The first kappa shape index (κ1) is 27.9. The van der Waals surface area contributed by atoms with Crippen LogP contribution in [-0.4, -0.2) is 38.5 Å². The van der Waals surface area contributed by atoms with Gasteiger partial charge in [-0.25, -0.2) is 19.3 Å². The SMILES string of the molecule is Cc1nccn1-c1ccc(-c2cccc(S(=O)N(C)C)c2)cc1N(N)/C(=C\N)c1ccc(OC(F)(F)F)cc1. The highest BCUT2D eigenvalue weighted by atomic mass is 32.2. The smallest absolute Gasteiger partial charge is 0.406 e. The summed E-state index contributed by atoms with van der Waals surface area (Å²) in [5.74, 6) is 6.98. The van der Waals surface area contributed by atoms with Crippen molar-refractivity contribution < 1.29 is 22.1 Å². The minimum Gasteiger partial charge on any atom is -0.406 e. The highest BCUT2D eigenvalue weighted by molar-refractivity contribution is 7.82. The van der Waals surface area contributed by atoms with E-state index in [-0.39, 0.29) is 5.75 Å². The van der Waals surface area contributed by atoms with Crippen LogP contribution in [0.1, 0.15) is 11.4 Å². The molecule has 0 fully saturated rings. The van der Waals surface area contributed by atoms with Crippen molar-refractivity contribution in [2.45, 2.75) is 18.2 Å². The van der Waals surface area contributed by atoms with Crippen LogP contribution in [0.2, 0.25) is 0 Å². The zero-order valence-electron chi connectivity index (χ0n) is 21.4. The largest absolute Gasteiger partial charge is 0.573 e. The van der Waals surface area contributed by atoms with E-state index < -0.39 is 17.3 Å². The van der Waals surface area contributed by atoms with Crippen molar-refractivity contribution in [1.82, 2.24) is 13.9 Å². The fourth-order valence-corrected chi connectivity index (χ4v) is 4.84. The first-order valence-electron chi connectivity index (χ1n) is 11.7. The third-order valence-electron chi connectivity index (χ3n) is 5.82. The molecule has 4 aromatic rings. The molecule has 0 aliphatic carbocycles. The summed E-state index contributed by atoms with van der Waals surface area (Å²) in [6.45, 7) is 1.84. The molecular weight excluding hydrogens is 529 g/mol. The zero-order chi connectivity index (χ0) is 28.3. The van der Waals surface area contributed by atoms with Gasteiger partial charge in [0.15, 0.2) is 0 Å². The van der Waals surface area contributed by atoms with E-state index in [2.05, 4.69) is 9.72 Å². The van der Waals surface area contributed by atoms with E-state index in [9.17, 15) is 17.4 Å². The molecule has 1 atom stereocenters. The van der Waals surface area contributed by atoms with Gasteiger partial charge in [0.1, 0.15) is 22.6 Å². The second-order valence-electron chi connectivity index (χ2n) is 8.63. The van der Waals surface area contributed by atoms with Crippen LogP contribution in [-0.2, 0) is 11.0 Å². The van der Waals surface area contributed by atoms with Gasteiger partial charge in [-0.15, -0.1) is 13.2 Å². The number of hydrogen-bond acceptors (Lipinski definition) is 6. The van der Waals surface area contributed by atoms with Gasteiger partial charge >= 0.3 is 6.36 Å². The molecule has 0 saturated heterocycles. The van der Waals surface area contributed by atoms with Crippen molar-refractivity contribution in [2.75, 3.05) is 19.1 Å². The molecule has 1 heterocycles.